The van der Waals surface area contributed by atoms with Gasteiger partial charge in [-0.25, -0.2) is 9.97 Å². The van der Waals surface area contributed by atoms with Crippen LogP contribution in [0.2, 0.25) is 0 Å². The first-order chi connectivity index (χ1) is 8.66. The SMILES string of the molecule is CCC1(C(=O)O)CCN(Cc2ncccn2)CC1. The fraction of sp³-hybridized carbons (Fsp3) is 0.615. The Morgan fingerprint density at radius 3 is 2.50 bits per heavy atom. The van der Waals surface area contributed by atoms with Gasteiger partial charge in [-0.15, -0.1) is 0 Å². The molecule has 1 aliphatic heterocycles. The van der Waals surface area contributed by atoms with Crippen LogP contribution in [0.4, 0.5) is 0 Å². The fourth-order valence-electron chi connectivity index (χ4n) is 2.47. The fourth-order valence-corrected chi connectivity index (χ4v) is 2.47. The second kappa shape index (κ2) is 5.44. The lowest BCUT2D eigenvalue weighted by atomic mass is 9.76. The van der Waals surface area contributed by atoms with E-state index in [9.17, 15) is 9.90 Å². The highest BCUT2D eigenvalue weighted by molar-refractivity contribution is 5.74. The first-order valence-corrected chi connectivity index (χ1v) is 6.38. The van der Waals surface area contributed by atoms with E-state index in [0.29, 0.717) is 25.8 Å². The Labute approximate surface area is 107 Å². The number of carboxylic acid groups (broad SMARTS) is 1. The maximum atomic E-state index is 11.3. The normalized spacial score (nSPS) is 19.6. The molecule has 0 bridgehead atoms. The van der Waals surface area contributed by atoms with Crippen molar-refractivity contribution in [2.75, 3.05) is 13.1 Å². The van der Waals surface area contributed by atoms with Crippen molar-refractivity contribution in [1.82, 2.24) is 14.9 Å². The lowest BCUT2D eigenvalue weighted by molar-refractivity contribution is -0.152. The molecular weight excluding hydrogens is 230 g/mol. The van der Waals surface area contributed by atoms with Crippen molar-refractivity contribution in [2.45, 2.75) is 32.7 Å². The summed E-state index contributed by atoms with van der Waals surface area (Å²) in [6.07, 6.45) is 5.61. The molecule has 1 fully saturated rings. The van der Waals surface area contributed by atoms with Crippen molar-refractivity contribution in [3.8, 4) is 0 Å². The molecule has 1 aliphatic rings. The number of likely N-dealkylation sites (tertiary alicyclic amines) is 1. The molecule has 1 aromatic rings. The Morgan fingerprint density at radius 2 is 2.00 bits per heavy atom. The van der Waals surface area contributed by atoms with E-state index in [-0.39, 0.29) is 0 Å². The first-order valence-electron chi connectivity index (χ1n) is 6.38. The molecule has 0 spiro atoms. The van der Waals surface area contributed by atoms with Gasteiger partial charge < -0.3 is 5.11 Å². The van der Waals surface area contributed by atoms with E-state index in [1.54, 1.807) is 18.5 Å². The van der Waals surface area contributed by atoms with Crippen molar-refractivity contribution < 1.29 is 9.90 Å². The Hall–Kier alpha value is -1.49. The summed E-state index contributed by atoms with van der Waals surface area (Å²) >= 11 is 0. The molecule has 1 N–H and O–H groups in total. The van der Waals surface area contributed by atoms with Gasteiger partial charge in [0.25, 0.3) is 0 Å². The van der Waals surface area contributed by atoms with Crippen LogP contribution < -0.4 is 0 Å². The van der Waals surface area contributed by atoms with Crippen LogP contribution in [-0.4, -0.2) is 39.0 Å². The van der Waals surface area contributed by atoms with E-state index in [2.05, 4.69) is 14.9 Å². The highest BCUT2D eigenvalue weighted by Gasteiger charge is 2.39. The van der Waals surface area contributed by atoms with E-state index < -0.39 is 11.4 Å². The number of aromatic nitrogens is 2. The minimum absolute atomic E-state index is 0.520. The molecule has 5 nitrogen and oxygen atoms in total. The van der Waals surface area contributed by atoms with E-state index in [4.69, 9.17) is 0 Å². The molecule has 5 heteroatoms. The lowest BCUT2D eigenvalue weighted by Crippen LogP contribution is -2.43. The molecule has 2 rings (SSSR count). The van der Waals surface area contributed by atoms with Gasteiger partial charge in [0.2, 0.25) is 0 Å². The molecule has 0 aliphatic carbocycles. The molecule has 18 heavy (non-hydrogen) atoms. The summed E-state index contributed by atoms with van der Waals surface area (Å²) in [4.78, 5) is 21.9. The third-order valence-corrected chi connectivity index (χ3v) is 3.93. The lowest BCUT2D eigenvalue weighted by Gasteiger charge is -2.37. The van der Waals surface area contributed by atoms with E-state index in [0.717, 1.165) is 18.9 Å². The summed E-state index contributed by atoms with van der Waals surface area (Å²) in [5.41, 5.74) is -0.520. The largest absolute Gasteiger partial charge is 0.481 e. The summed E-state index contributed by atoms with van der Waals surface area (Å²) in [5, 5.41) is 9.32. The average molecular weight is 249 g/mol. The zero-order valence-electron chi connectivity index (χ0n) is 10.7. The zero-order chi connectivity index (χ0) is 13.0. The van der Waals surface area contributed by atoms with Crippen LogP contribution >= 0.6 is 0 Å². The van der Waals surface area contributed by atoms with Crippen LogP contribution in [0.5, 0.6) is 0 Å². The number of piperidine rings is 1. The highest BCUT2D eigenvalue weighted by atomic mass is 16.4. The van der Waals surface area contributed by atoms with Crippen LogP contribution in [0.15, 0.2) is 18.5 Å². The van der Waals surface area contributed by atoms with Gasteiger partial charge in [0.05, 0.1) is 12.0 Å². The van der Waals surface area contributed by atoms with Crippen LogP contribution in [0.25, 0.3) is 0 Å². The standard InChI is InChI=1S/C13H19N3O2/c1-2-13(12(17)18)4-8-16(9-5-13)10-11-14-6-3-7-15-11/h3,6-7H,2,4-5,8-10H2,1H3,(H,17,18). The number of rotatable bonds is 4. The smallest absolute Gasteiger partial charge is 0.309 e. The Kier molecular flexibility index (Phi) is 3.91. The summed E-state index contributed by atoms with van der Waals surface area (Å²) in [5.74, 6) is 0.150. The number of carbonyl (C=O) groups is 1. The van der Waals surface area contributed by atoms with Gasteiger partial charge in [0, 0.05) is 12.4 Å². The van der Waals surface area contributed by atoms with E-state index in [1.165, 1.54) is 0 Å². The number of carboxylic acids is 1. The van der Waals surface area contributed by atoms with Gasteiger partial charge in [-0.1, -0.05) is 6.92 Å². The topological polar surface area (TPSA) is 66.3 Å². The second-order valence-corrected chi connectivity index (χ2v) is 4.88. The molecule has 0 amide bonds. The average Bonchev–Trinajstić information content (AvgIpc) is 2.41. The van der Waals surface area contributed by atoms with Gasteiger partial charge in [-0.3, -0.25) is 9.69 Å². The predicted molar refractivity (Wildman–Crippen MR) is 66.9 cm³/mol. The molecule has 0 aromatic carbocycles. The highest BCUT2D eigenvalue weighted by Crippen LogP contribution is 2.35. The van der Waals surface area contributed by atoms with Gasteiger partial charge in [-0.05, 0) is 38.4 Å². The Balaban J connectivity index is 1.93. The number of nitrogens with zero attached hydrogens (tertiary/aromatic N) is 3. The molecule has 0 radical (unpaired) electrons. The number of hydrogen-bond donors (Lipinski definition) is 1. The van der Waals surface area contributed by atoms with Crippen LogP contribution in [-0.2, 0) is 11.3 Å². The maximum Gasteiger partial charge on any atom is 0.309 e. The summed E-state index contributed by atoms with van der Waals surface area (Å²) in [7, 11) is 0. The molecule has 0 atom stereocenters. The predicted octanol–water partition coefficient (Wildman–Crippen LogP) is 1.55. The van der Waals surface area contributed by atoms with E-state index >= 15 is 0 Å². The minimum atomic E-state index is -0.652. The van der Waals surface area contributed by atoms with Gasteiger partial charge in [0.15, 0.2) is 0 Å². The quantitative estimate of drug-likeness (QED) is 0.877. The van der Waals surface area contributed by atoms with Crippen LogP contribution in [0.1, 0.15) is 32.0 Å². The molecule has 98 valence electrons. The number of aliphatic carboxylic acids is 1. The molecular formula is C13H19N3O2. The zero-order valence-corrected chi connectivity index (χ0v) is 10.7. The van der Waals surface area contributed by atoms with Crippen molar-refractivity contribution in [3.05, 3.63) is 24.3 Å². The van der Waals surface area contributed by atoms with Gasteiger partial charge >= 0.3 is 5.97 Å². The third kappa shape index (κ3) is 2.67. The van der Waals surface area contributed by atoms with E-state index in [1.807, 2.05) is 6.92 Å². The van der Waals surface area contributed by atoms with Gasteiger partial charge in [0.1, 0.15) is 5.82 Å². The van der Waals surface area contributed by atoms with Gasteiger partial charge in [-0.2, -0.15) is 0 Å². The monoisotopic (exact) mass is 249 g/mol. The molecule has 1 aromatic heterocycles. The Bertz CT molecular complexity index is 400. The second-order valence-electron chi connectivity index (χ2n) is 4.88. The molecule has 0 saturated carbocycles. The van der Waals surface area contributed by atoms with Crippen molar-refractivity contribution in [3.63, 3.8) is 0 Å². The molecule has 2 heterocycles. The number of hydrogen-bond acceptors (Lipinski definition) is 4. The Morgan fingerprint density at radius 1 is 1.39 bits per heavy atom. The summed E-state index contributed by atoms with van der Waals surface area (Å²) < 4.78 is 0. The van der Waals surface area contributed by atoms with Crippen LogP contribution in [0, 0.1) is 5.41 Å². The third-order valence-electron chi connectivity index (χ3n) is 3.93. The molecule has 1 saturated heterocycles. The minimum Gasteiger partial charge on any atom is -0.481 e. The van der Waals surface area contributed by atoms with Crippen LogP contribution in [0.3, 0.4) is 0 Å². The maximum absolute atomic E-state index is 11.3. The molecule has 0 unspecified atom stereocenters. The summed E-state index contributed by atoms with van der Waals surface area (Å²) in [6.45, 7) is 4.28. The summed E-state index contributed by atoms with van der Waals surface area (Å²) in [6, 6.07) is 1.80. The first kappa shape index (κ1) is 13.0. The van der Waals surface area contributed by atoms with Crippen molar-refractivity contribution in [2.24, 2.45) is 5.41 Å². The van der Waals surface area contributed by atoms with Crippen molar-refractivity contribution >= 4 is 5.97 Å². The van der Waals surface area contributed by atoms with Crippen molar-refractivity contribution in [1.29, 1.82) is 0 Å².